The highest BCUT2D eigenvalue weighted by atomic mass is 32.2. The maximum Gasteiger partial charge on any atom is 0.433 e. The number of rotatable bonds is 5. The van der Waals surface area contributed by atoms with E-state index in [1.807, 2.05) is 0 Å². The maximum atomic E-state index is 14.3. The molecule has 0 aliphatic carbocycles. The number of pyridine rings is 1. The number of nitrogens with one attached hydrogen (secondary N) is 1. The third-order valence-corrected chi connectivity index (χ3v) is 6.61. The number of benzene rings is 1. The summed E-state index contributed by atoms with van der Waals surface area (Å²) in [5, 5.41) is 11.5. The fraction of sp³-hybridized carbons (Fsp3) is 0.200. The molecule has 8 nitrogen and oxygen atoms in total. The number of carboxylic acid groups (broad SMARTS) is 1. The van der Waals surface area contributed by atoms with Crippen molar-refractivity contribution in [2.75, 3.05) is 11.1 Å². The average molecular weight is 482 g/mol. The van der Waals surface area contributed by atoms with Crippen molar-refractivity contribution in [3.8, 4) is 11.4 Å². The lowest BCUT2D eigenvalue weighted by Crippen LogP contribution is -2.09. The van der Waals surface area contributed by atoms with Crippen LogP contribution in [0.4, 0.5) is 29.1 Å². The van der Waals surface area contributed by atoms with Gasteiger partial charge in [-0.15, -0.1) is 0 Å². The van der Waals surface area contributed by atoms with E-state index in [1.165, 1.54) is 18.2 Å². The van der Waals surface area contributed by atoms with Gasteiger partial charge in [-0.2, -0.15) is 13.2 Å². The fourth-order valence-electron chi connectivity index (χ4n) is 3.33. The molecule has 1 aliphatic heterocycles. The first-order chi connectivity index (χ1) is 15.4. The molecule has 4 rings (SSSR count). The molecule has 2 aromatic heterocycles. The van der Waals surface area contributed by atoms with Gasteiger partial charge in [0.15, 0.2) is 21.5 Å². The van der Waals surface area contributed by atoms with E-state index in [-0.39, 0.29) is 51.2 Å². The number of nitrogens with zero attached hydrogens (tertiary/aromatic N) is 3. The third kappa shape index (κ3) is 4.62. The molecule has 0 bridgehead atoms. The Bertz CT molecular complexity index is 1380. The Morgan fingerprint density at radius 2 is 1.91 bits per heavy atom. The third-order valence-electron chi connectivity index (χ3n) is 4.82. The van der Waals surface area contributed by atoms with Gasteiger partial charge in [0.05, 0.1) is 17.9 Å². The van der Waals surface area contributed by atoms with Crippen LogP contribution in [0.5, 0.6) is 0 Å². The minimum atomic E-state index is -4.70. The normalized spacial score (nSPS) is 14.7. The molecular weight excluding hydrogens is 468 g/mol. The highest BCUT2D eigenvalue weighted by Crippen LogP contribution is 2.35. The Morgan fingerprint density at radius 1 is 1.15 bits per heavy atom. The topological polar surface area (TPSA) is 122 Å². The van der Waals surface area contributed by atoms with Gasteiger partial charge in [-0.25, -0.2) is 22.8 Å². The van der Waals surface area contributed by atoms with Gasteiger partial charge in [-0.05, 0) is 29.8 Å². The summed E-state index contributed by atoms with van der Waals surface area (Å²) >= 11 is 0. The van der Waals surface area contributed by atoms with Crippen molar-refractivity contribution in [2.45, 2.75) is 23.9 Å². The van der Waals surface area contributed by atoms with Crippen LogP contribution in [-0.4, -0.2) is 40.2 Å². The molecule has 33 heavy (non-hydrogen) atoms. The standard InChI is InChI=1S/C20H14F4N4O4S/c21-13-9-12(2-1-10(13)8-16(29)30)26-19-17-14(4-6-33(17,31)32)27-18(28-19)11-3-5-25-15(7-11)20(22,23)24/h1-3,5,7,9H,4,6,8H2,(H,29,30)(H,26,27,28). The zero-order valence-corrected chi connectivity index (χ0v) is 17.3. The van der Waals surface area contributed by atoms with Crippen LogP contribution in [0.3, 0.4) is 0 Å². The van der Waals surface area contributed by atoms with Gasteiger partial charge in [0, 0.05) is 23.9 Å². The summed E-state index contributed by atoms with van der Waals surface area (Å²) in [7, 11) is -3.77. The van der Waals surface area contributed by atoms with Crippen molar-refractivity contribution in [1.82, 2.24) is 15.0 Å². The molecule has 0 atom stereocenters. The van der Waals surface area contributed by atoms with Crippen LogP contribution in [0.15, 0.2) is 41.4 Å². The van der Waals surface area contributed by atoms with Crippen molar-refractivity contribution < 1.29 is 35.9 Å². The number of halogens is 4. The monoisotopic (exact) mass is 482 g/mol. The largest absolute Gasteiger partial charge is 0.481 e. The predicted molar refractivity (Wildman–Crippen MR) is 107 cm³/mol. The van der Waals surface area contributed by atoms with Gasteiger partial charge in [-0.1, -0.05) is 6.07 Å². The zero-order valence-electron chi connectivity index (χ0n) is 16.5. The van der Waals surface area contributed by atoms with Crippen LogP contribution in [0.1, 0.15) is 17.0 Å². The Kier molecular flexibility index (Phi) is 5.52. The van der Waals surface area contributed by atoms with Gasteiger partial charge < -0.3 is 10.4 Å². The smallest absolute Gasteiger partial charge is 0.433 e. The van der Waals surface area contributed by atoms with Crippen molar-refractivity contribution in [2.24, 2.45) is 0 Å². The second-order valence-electron chi connectivity index (χ2n) is 7.17. The van der Waals surface area contributed by atoms with Crippen LogP contribution in [0, 0.1) is 5.82 Å². The Labute approximate surface area is 184 Å². The summed E-state index contributed by atoms with van der Waals surface area (Å²) in [6.07, 6.45) is -4.27. The van der Waals surface area contributed by atoms with Gasteiger partial charge in [0.2, 0.25) is 0 Å². The minimum Gasteiger partial charge on any atom is -0.481 e. The molecule has 3 aromatic rings. The molecule has 0 unspecified atom stereocenters. The predicted octanol–water partition coefficient (Wildman–Crippen LogP) is 3.40. The molecule has 1 aliphatic rings. The first-order valence-electron chi connectivity index (χ1n) is 9.38. The van der Waals surface area contributed by atoms with Crippen LogP contribution in [-0.2, 0) is 33.6 Å². The number of alkyl halides is 3. The van der Waals surface area contributed by atoms with Crippen LogP contribution < -0.4 is 5.32 Å². The fourth-order valence-corrected chi connectivity index (χ4v) is 4.90. The van der Waals surface area contributed by atoms with Gasteiger partial charge in [0.1, 0.15) is 16.4 Å². The molecule has 0 saturated carbocycles. The lowest BCUT2D eigenvalue weighted by molar-refractivity contribution is -0.141. The molecule has 13 heteroatoms. The summed E-state index contributed by atoms with van der Waals surface area (Å²) in [5.41, 5.74) is -1.08. The average Bonchev–Trinajstić information content (AvgIpc) is 3.04. The van der Waals surface area contributed by atoms with E-state index in [0.717, 1.165) is 18.3 Å². The van der Waals surface area contributed by atoms with Gasteiger partial charge >= 0.3 is 12.1 Å². The van der Waals surface area contributed by atoms with E-state index < -0.39 is 39.9 Å². The van der Waals surface area contributed by atoms with E-state index in [4.69, 9.17) is 5.11 Å². The first kappa shape index (κ1) is 22.6. The Hall–Kier alpha value is -3.61. The number of aromatic nitrogens is 3. The van der Waals surface area contributed by atoms with E-state index in [2.05, 4.69) is 20.3 Å². The molecule has 2 N–H and O–H groups in total. The minimum absolute atomic E-state index is 0.0320. The second-order valence-corrected chi connectivity index (χ2v) is 9.22. The molecule has 0 saturated heterocycles. The van der Waals surface area contributed by atoms with Gasteiger partial charge in [0.25, 0.3) is 0 Å². The molecule has 0 fully saturated rings. The Morgan fingerprint density at radius 3 is 2.58 bits per heavy atom. The summed E-state index contributed by atoms with van der Waals surface area (Å²) in [6.45, 7) is 0. The number of carboxylic acids is 1. The molecule has 3 heterocycles. The molecule has 0 amide bonds. The number of carbonyl (C=O) groups is 1. The molecule has 172 valence electrons. The number of aliphatic carboxylic acids is 1. The summed E-state index contributed by atoms with van der Waals surface area (Å²) in [5.74, 6) is -2.70. The van der Waals surface area contributed by atoms with E-state index in [9.17, 15) is 30.8 Å². The number of fused-ring (bicyclic) bond motifs is 1. The number of sulfone groups is 1. The maximum absolute atomic E-state index is 14.3. The lowest BCUT2D eigenvalue weighted by atomic mass is 10.1. The van der Waals surface area contributed by atoms with Gasteiger partial charge in [-0.3, -0.25) is 9.78 Å². The highest BCUT2D eigenvalue weighted by molar-refractivity contribution is 7.91. The molecule has 0 radical (unpaired) electrons. The second kappa shape index (κ2) is 8.06. The van der Waals surface area contributed by atoms with Crippen molar-refractivity contribution >= 4 is 27.3 Å². The number of hydrogen-bond donors (Lipinski definition) is 2. The lowest BCUT2D eigenvalue weighted by Gasteiger charge is -2.13. The summed E-state index contributed by atoms with van der Waals surface area (Å²) in [6, 6.07) is 5.54. The molecular formula is C20H14F4N4O4S. The van der Waals surface area contributed by atoms with E-state index in [0.29, 0.717) is 0 Å². The SMILES string of the molecule is O=C(O)Cc1ccc(Nc2nc(-c3ccnc(C(F)(F)F)c3)nc3c2S(=O)(=O)CC3)cc1F. The summed E-state index contributed by atoms with van der Waals surface area (Å²) in [4.78, 5) is 22.1. The Balaban J connectivity index is 1.79. The number of aryl methyl sites for hydroxylation is 1. The van der Waals surface area contributed by atoms with E-state index >= 15 is 0 Å². The van der Waals surface area contributed by atoms with Crippen LogP contribution >= 0.6 is 0 Å². The van der Waals surface area contributed by atoms with Crippen molar-refractivity contribution in [3.63, 3.8) is 0 Å². The zero-order chi connectivity index (χ0) is 24.0. The molecule has 1 aromatic carbocycles. The highest BCUT2D eigenvalue weighted by Gasteiger charge is 2.35. The number of anilines is 2. The van der Waals surface area contributed by atoms with E-state index in [1.54, 1.807) is 0 Å². The van der Waals surface area contributed by atoms with Crippen LogP contribution in [0.25, 0.3) is 11.4 Å². The van der Waals surface area contributed by atoms with Crippen molar-refractivity contribution in [3.05, 3.63) is 59.3 Å². The number of hydrogen-bond acceptors (Lipinski definition) is 7. The molecule has 0 spiro atoms. The van der Waals surface area contributed by atoms with Crippen molar-refractivity contribution in [1.29, 1.82) is 0 Å². The summed E-state index contributed by atoms with van der Waals surface area (Å²) < 4.78 is 78.5. The van der Waals surface area contributed by atoms with Crippen LogP contribution in [0.2, 0.25) is 0 Å². The first-order valence-corrected chi connectivity index (χ1v) is 11.0. The quantitative estimate of drug-likeness (QED) is 0.531.